The number of halogens is 1. The summed E-state index contributed by atoms with van der Waals surface area (Å²) in [6, 6.07) is 0. The highest BCUT2D eigenvalue weighted by Crippen LogP contribution is 2.58. The van der Waals surface area contributed by atoms with Gasteiger partial charge in [0.05, 0.1) is 5.41 Å². The number of carbonyl (C=O) groups excluding carboxylic acids is 1. The van der Waals surface area contributed by atoms with Crippen LogP contribution in [0.1, 0.15) is 44.9 Å². The molecule has 0 aromatic carbocycles. The molecule has 0 amide bonds. The van der Waals surface area contributed by atoms with Crippen LogP contribution in [-0.4, -0.2) is 38.1 Å². The van der Waals surface area contributed by atoms with Crippen LogP contribution in [0.2, 0.25) is 0 Å². The zero-order valence-electron chi connectivity index (χ0n) is 12.7. The summed E-state index contributed by atoms with van der Waals surface area (Å²) in [5.74, 6) is 2.53. The zero-order chi connectivity index (χ0) is 13.5. The first kappa shape index (κ1) is 16.1. The van der Waals surface area contributed by atoms with Crippen molar-refractivity contribution in [1.82, 2.24) is 4.90 Å². The van der Waals surface area contributed by atoms with Gasteiger partial charge < -0.3 is 22.0 Å². The summed E-state index contributed by atoms with van der Waals surface area (Å²) in [5.41, 5.74) is -0.0979. The van der Waals surface area contributed by atoms with Gasteiger partial charge in [0.25, 0.3) is 0 Å². The second-order valence-corrected chi connectivity index (χ2v) is 7.48. The van der Waals surface area contributed by atoms with Crippen LogP contribution in [0, 0.1) is 23.2 Å². The Morgan fingerprint density at radius 1 is 1.10 bits per heavy atom. The summed E-state index contributed by atoms with van der Waals surface area (Å²) >= 11 is 0. The maximum atomic E-state index is 12.6. The second-order valence-electron chi connectivity index (χ2n) is 7.48. The van der Waals surface area contributed by atoms with E-state index in [0.717, 1.165) is 43.6 Å². The van der Waals surface area contributed by atoms with Crippen LogP contribution < -0.4 is 12.4 Å². The molecule has 4 bridgehead atoms. The molecule has 4 rings (SSSR count). The summed E-state index contributed by atoms with van der Waals surface area (Å²) < 4.78 is 5.61. The molecule has 4 heteroatoms. The molecular formula is C16H27ClNO2-. The van der Waals surface area contributed by atoms with Crippen LogP contribution in [0.4, 0.5) is 0 Å². The van der Waals surface area contributed by atoms with Crippen molar-refractivity contribution in [3.63, 3.8) is 0 Å². The molecule has 4 aliphatic carbocycles. The van der Waals surface area contributed by atoms with Gasteiger partial charge in [-0.15, -0.1) is 0 Å². The Kier molecular flexibility index (Phi) is 5.01. The first-order valence-electron chi connectivity index (χ1n) is 7.89. The van der Waals surface area contributed by atoms with E-state index in [9.17, 15) is 4.79 Å². The fourth-order valence-electron chi connectivity index (χ4n) is 4.92. The number of ether oxygens (including phenoxy) is 1. The molecule has 4 saturated carbocycles. The molecule has 4 fully saturated rings. The minimum Gasteiger partial charge on any atom is -1.00 e. The summed E-state index contributed by atoms with van der Waals surface area (Å²) in [6.45, 7) is 1.38. The van der Waals surface area contributed by atoms with E-state index in [1.165, 1.54) is 25.7 Å². The molecule has 4 aliphatic rings. The van der Waals surface area contributed by atoms with Crippen LogP contribution >= 0.6 is 0 Å². The van der Waals surface area contributed by atoms with Gasteiger partial charge in [0.1, 0.15) is 6.61 Å². The fourth-order valence-corrected chi connectivity index (χ4v) is 4.92. The molecule has 0 heterocycles. The SMILES string of the molecule is CN(C)CCOC(=O)C12CC3CCC(CC(C3)C1)C2.[Cl-]. The first-order chi connectivity index (χ1) is 9.07. The van der Waals surface area contributed by atoms with Crippen molar-refractivity contribution < 1.29 is 21.9 Å². The fraction of sp³-hybridized carbons (Fsp3) is 0.938. The molecule has 0 spiro atoms. The molecule has 2 atom stereocenters. The lowest BCUT2D eigenvalue weighted by Gasteiger charge is -2.46. The number of fused-ring (bicyclic) bond motifs is 1. The van der Waals surface area contributed by atoms with E-state index in [0.29, 0.717) is 6.61 Å². The van der Waals surface area contributed by atoms with E-state index >= 15 is 0 Å². The van der Waals surface area contributed by atoms with E-state index in [4.69, 9.17) is 4.74 Å². The Hall–Kier alpha value is -0.280. The maximum absolute atomic E-state index is 12.6. The Morgan fingerprint density at radius 3 is 2.20 bits per heavy atom. The summed E-state index contributed by atoms with van der Waals surface area (Å²) in [5, 5.41) is 0. The van der Waals surface area contributed by atoms with Gasteiger partial charge in [0.2, 0.25) is 0 Å². The van der Waals surface area contributed by atoms with Gasteiger partial charge in [-0.2, -0.15) is 0 Å². The molecule has 0 aromatic rings. The van der Waals surface area contributed by atoms with Crippen molar-refractivity contribution in [1.29, 1.82) is 0 Å². The molecule has 2 unspecified atom stereocenters. The molecule has 3 nitrogen and oxygen atoms in total. The molecule has 0 N–H and O–H groups in total. The average Bonchev–Trinajstić information content (AvgIpc) is 2.55. The van der Waals surface area contributed by atoms with E-state index in [2.05, 4.69) is 4.90 Å². The molecule has 0 aromatic heterocycles. The Morgan fingerprint density at radius 2 is 1.65 bits per heavy atom. The highest BCUT2D eigenvalue weighted by atomic mass is 35.5. The third-order valence-corrected chi connectivity index (χ3v) is 5.56. The van der Waals surface area contributed by atoms with Gasteiger partial charge in [-0.25, -0.2) is 0 Å². The lowest BCUT2D eigenvalue weighted by atomic mass is 9.58. The Bertz CT molecular complexity index is 342. The molecule has 20 heavy (non-hydrogen) atoms. The predicted molar refractivity (Wildman–Crippen MR) is 74.7 cm³/mol. The standard InChI is InChI=1S/C16H27NO2.ClH/c1-17(2)5-6-19-15(18)16-9-12-3-4-13(10-16)8-14(7-12)11-16;/h12-14H,3-11H2,1-2H3;1H/p-1. The predicted octanol–water partition coefficient (Wildman–Crippen LogP) is -0.298. The number of likely N-dealkylation sites (N-methyl/N-ethyl adjacent to an activating group) is 1. The topological polar surface area (TPSA) is 29.5 Å². The van der Waals surface area contributed by atoms with Crippen molar-refractivity contribution in [2.45, 2.75) is 44.9 Å². The highest BCUT2D eigenvalue weighted by Gasteiger charge is 2.53. The monoisotopic (exact) mass is 300 g/mol. The molecule has 0 saturated heterocycles. The van der Waals surface area contributed by atoms with Crippen molar-refractivity contribution in [3.8, 4) is 0 Å². The van der Waals surface area contributed by atoms with Crippen molar-refractivity contribution in [2.24, 2.45) is 23.2 Å². The minimum atomic E-state index is -0.0979. The number of esters is 1. The lowest BCUT2D eigenvalue weighted by molar-refractivity contribution is -0.164. The van der Waals surface area contributed by atoms with Crippen molar-refractivity contribution in [2.75, 3.05) is 27.2 Å². The zero-order valence-corrected chi connectivity index (χ0v) is 13.5. The van der Waals surface area contributed by atoms with E-state index in [1.54, 1.807) is 0 Å². The Labute approximate surface area is 128 Å². The van der Waals surface area contributed by atoms with E-state index < -0.39 is 0 Å². The summed E-state index contributed by atoms with van der Waals surface area (Å²) in [7, 11) is 4.03. The molecule has 116 valence electrons. The van der Waals surface area contributed by atoms with Gasteiger partial charge in [0, 0.05) is 6.54 Å². The number of nitrogens with zero attached hydrogens (tertiary/aromatic N) is 1. The Balaban J connectivity index is 0.00000147. The van der Waals surface area contributed by atoms with Gasteiger partial charge in [-0.3, -0.25) is 4.79 Å². The third kappa shape index (κ3) is 3.14. The largest absolute Gasteiger partial charge is 1.00 e. The smallest absolute Gasteiger partial charge is 0.312 e. The quantitative estimate of drug-likeness (QED) is 0.668. The van der Waals surface area contributed by atoms with Gasteiger partial charge in [0.15, 0.2) is 0 Å². The van der Waals surface area contributed by atoms with Crippen LogP contribution in [0.5, 0.6) is 0 Å². The van der Waals surface area contributed by atoms with Crippen LogP contribution in [0.25, 0.3) is 0 Å². The highest BCUT2D eigenvalue weighted by molar-refractivity contribution is 5.77. The number of carbonyl (C=O) groups is 1. The van der Waals surface area contributed by atoms with E-state index in [-0.39, 0.29) is 23.8 Å². The van der Waals surface area contributed by atoms with Crippen LogP contribution in [0.15, 0.2) is 0 Å². The number of hydrogen-bond acceptors (Lipinski definition) is 3. The maximum Gasteiger partial charge on any atom is 0.312 e. The van der Waals surface area contributed by atoms with Crippen molar-refractivity contribution in [3.05, 3.63) is 0 Å². The average molecular weight is 301 g/mol. The number of rotatable bonds is 4. The summed E-state index contributed by atoms with van der Waals surface area (Å²) in [4.78, 5) is 14.7. The molecular weight excluding hydrogens is 274 g/mol. The second kappa shape index (κ2) is 6.23. The third-order valence-electron chi connectivity index (χ3n) is 5.56. The van der Waals surface area contributed by atoms with Crippen LogP contribution in [-0.2, 0) is 9.53 Å². The lowest BCUT2D eigenvalue weighted by Crippen LogP contribution is -3.00. The molecule has 0 radical (unpaired) electrons. The van der Waals surface area contributed by atoms with Crippen LogP contribution in [0.3, 0.4) is 0 Å². The molecule has 0 aliphatic heterocycles. The van der Waals surface area contributed by atoms with Gasteiger partial charge in [-0.1, -0.05) is 12.8 Å². The number of hydrogen-bond donors (Lipinski definition) is 0. The van der Waals surface area contributed by atoms with E-state index in [1.807, 2.05) is 14.1 Å². The minimum absolute atomic E-state index is 0. The normalized spacial score (nSPS) is 38.5. The van der Waals surface area contributed by atoms with Gasteiger partial charge in [-0.05, 0) is 64.0 Å². The van der Waals surface area contributed by atoms with Crippen molar-refractivity contribution >= 4 is 5.97 Å². The first-order valence-corrected chi connectivity index (χ1v) is 7.89. The van der Waals surface area contributed by atoms with Gasteiger partial charge >= 0.3 is 5.97 Å². The summed E-state index contributed by atoms with van der Waals surface area (Å²) in [6.07, 6.45) is 8.80.